The molecule has 0 bridgehead atoms. The summed E-state index contributed by atoms with van der Waals surface area (Å²) >= 11 is 0. The molecule has 1 aromatic rings. The summed E-state index contributed by atoms with van der Waals surface area (Å²) in [5.41, 5.74) is 1.28. The van der Waals surface area contributed by atoms with E-state index in [1.807, 2.05) is 12.1 Å². The summed E-state index contributed by atoms with van der Waals surface area (Å²) in [4.78, 5) is 2.32. The molecule has 0 amide bonds. The fourth-order valence-corrected chi connectivity index (χ4v) is 2.49. The van der Waals surface area contributed by atoms with E-state index in [-0.39, 0.29) is 0 Å². The lowest BCUT2D eigenvalue weighted by atomic mass is 10.1. The number of benzene rings is 1. The van der Waals surface area contributed by atoms with E-state index in [4.69, 9.17) is 9.47 Å². The molecule has 0 aliphatic carbocycles. The molecule has 2 unspecified atom stereocenters. The van der Waals surface area contributed by atoms with Crippen molar-refractivity contribution in [1.29, 1.82) is 0 Å². The van der Waals surface area contributed by atoms with Gasteiger partial charge in [-0.05, 0) is 38.1 Å². The third-order valence-electron chi connectivity index (χ3n) is 3.85. The van der Waals surface area contributed by atoms with Crippen LogP contribution in [-0.4, -0.2) is 50.9 Å². The number of morpholine rings is 1. The molecule has 21 heavy (non-hydrogen) atoms. The Labute approximate surface area is 128 Å². The van der Waals surface area contributed by atoms with Gasteiger partial charge in [-0.25, -0.2) is 0 Å². The van der Waals surface area contributed by atoms with Crippen molar-refractivity contribution < 1.29 is 9.47 Å². The van der Waals surface area contributed by atoms with Gasteiger partial charge in [-0.1, -0.05) is 19.1 Å². The predicted molar refractivity (Wildman–Crippen MR) is 85.9 cm³/mol. The molecule has 0 spiro atoms. The maximum absolute atomic E-state index is 5.77. The fourth-order valence-electron chi connectivity index (χ4n) is 2.49. The molecule has 1 aromatic carbocycles. The molecule has 1 aliphatic rings. The molecular weight excluding hydrogens is 264 g/mol. The summed E-state index contributed by atoms with van der Waals surface area (Å²) < 4.78 is 11.4. The maximum atomic E-state index is 5.77. The van der Waals surface area contributed by atoms with Crippen molar-refractivity contribution in [1.82, 2.24) is 10.2 Å². The topological polar surface area (TPSA) is 33.7 Å². The lowest BCUT2D eigenvalue weighted by Crippen LogP contribution is -2.45. The average Bonchev–Trinajstić information content (AvgIpc) is 2.51. The van der Waals surface area contributed by atoms with Crippen LogP contribution in [0.2, 0.25) is 0 Å². The highest BCUT2D eigenvalue weighted by Crippen LogP contribution is 2.18. The first-order chi connectivity index (χ1) is 10.2. The summed E-state index contributed by atoms with van der Waals surface area (Å²) in [5.74, 6) is 0.949. The van der Waals surface area contributed by atoms with Gasteiger partial charge in [0.05, 0.1) is 19.3 Å². The van der Waals surface area contributed by atoms with E-state index >= 15 is 0 Å². The highest BCUT2D eigenvalue weighted by molar-refractivity contribution is 5.28. The zero-order chi connectivity index (χ0) is 15.1. The lowest BCUT2D eigenvalue weighted by molar-refractivity contribution is -0.0190. The van der Waals surface area contributed by atoms with Crippen LogP contribution < -0.4 is 10.1 Å². The van der Waals surface area contributed by atoms with Crippen LogP contribution in [0.1, 0.15) is 31.9 Å². The third-order valence-corrected chi connectivity index (χ3v) is 3.85. The van der Waals surface area contributed by atoms with Crippen LogP contribution in [0.15, 0.2) is 24.3 Å². The predicted octanol–water partition coefficient (Wildman–Crippen LogP) is 2.46. The van der Waals surface area contributed by atoms with Gasteiger partial charge in [-0.2, -0.15) is 0 Å². The van der Waals surface area contributed by atoms with E-state index in [2.05, 4.69) is 43.2 Å². The zero-order valence-corrected chi connectivity index (χ0v) is 13.5. The SMILES string of the molecule is CCCOc1ccc(C(C)NCC2CN(C)CCO2)cc1. The number of nitrogens with one attached hydrogen (secondary N) is 1. The van der Waals surface area contributed by atoms with E-state index in [0.717, 1.165) is 45.0 Å². The standard InChI is InChI=1S/C17H28N2O2/c1-4-10-20-16-7-5-15(6-8-16)14(2)18-12-17-13-19(3)9-11-21-17/h5-8,14,17-18H,4,9-13H2,1-3H3. The molecule has 1 heterocycles. The zero-order valence-electron chi connectivity index (χ0n) is 13.5. The van der Waals surface area contributed by atoms with Crippen molar-refractivity contribution in [2.45, 2.75) is 32.4 Å². The van der Waals surface area contributed by atoms with Gasteiger partial charge in [0.25, 0.3) is 0 Å². The molecule has 1 saturated heterocycles. The Morgan fingerprint density at radius 2 is 2.14 bits per heavy atom. The lowest BCUT2D eigenvalue weighted by Gasteiger charge is -2.31. The Morgan fingerprint density at radius 3 is 2.81 bits per heavy atom. The number of ether oxygens (including phenoxy) is 2. The second kappa shape index (κ2) is 8.37. The van der Waals surface area contributed by atoms with Crippen molar-refractivity contribution in [3.63, 3.8) is 0 Å². The van der Waals surface area contributed by atoms with Crippen molar-refractivity contribution in [2.75, 3.05) is 39.9 Å². The van der Waals surface area contributed by atoms with Crippen molar-refractivity contribution in [2.24, 2.45) is 0 Å². The minimum Gasteiger partial charge on any atom is -0.494 e. The van der Waals surface area contributed by atoms with Gasteiger partial charge in [0.15, 0.2) is 0 Å². The minimum atomic E-state index is 0.290. The summed E-state index contributed by atoms with van der Waals surface area (Å²) in [6, 6.07) is 8.69. The largest absolute Gasteiger partial charge is 0.494 e. The van der Waals surface area contributed by atoms with Crippen LogP contribution in [0.3, 0.4) is 0 Å². The van der Waals surface area contributed by atoms with E-state index in [9.17, 15) is 0 Å². The molecule has 1 N–H and O–H groups in total. The minimum absolute atomic E-state index is 0.290. The van der Waals surface area contributed by atoms with Crippen LogP contribution in [0.5, 0.6) is 5.75 Å². The first kappa shape index (κ1) is 16.3. The normalized spacial score (nSPS) is 21.2. The summed E-state index contributed by atoms with van der Waals surface area (Å²) in [7, 11) is 2.15. The molecule has 2 atom stereocenters. The van der Waals surface area contributed by atoms with Gasteiger partial charge in [0, 0.05) is 25.7 Å². The van der Waals surface area contributed by atoms with Crippen LogP contribution in [0.25, 0.3) is 0 Å². The van der Waals surface area contributed by atoms with E-state index in [1.165, 1.54) is 5.56 Å². The second-order valence-corrected chi connectivity index (χ2v) is 5.80. The van der Waals surface area contributed by atoms with Crippen molar-refractivity contribution >= 4 is 0 Å². The molecule has 2 rings (SSSR count). The van der Waals surface area contributed by atoms with Crippen LogP contribution in [0.4, 0.5) is 0 Å². The molecule has 4 heteroatoms. The third kappa shape index (κ3) is 5.30. The van der Waals surface area contributed by atoms with Gasteiger partial charge in [-0.15, -0.1) is 0 Å². The number of rotatable bonds is 7. The molecular formula is C17H28N2O2. The molecule has 0 radical (unpaired) electrons. The summed E-state index contributed by atoms with van der Waals surface area (Å²) in [6.07, 6.45) is 1.33. The quantitative estimate of drug-likeness (QED) is 0.837. The van der Waals surface area contributed by atoms with Gasteiger partial charge in [0.2, 0.25) is 0 Å². The van der Waals surface area contributed by atoms with Gasteiger partial charge in [0.1, 0.15) is 5.75 Å². The maximum Gasteiger partial charge on any atom is 0.119 e. The highest BCUT2D eigenvalue weighted by atomic mass is 16.5. The monoisotopic (exact) mass is 292 g/mol. The Hall–Kier alpha value is -1.10. The fraction of sp³-hybridized carbons (Fsp3) is 0.647. The second-order valence-electron chi connectivity index (χ2n) is 5.80. The average molecular weight is 292 g/mol. The molecule has 4 nitrogen and oxygen atoms in total. The van der Waals surface area contributed by atoms with E-state index in [1.54, 1.807) is 0 Å². The first-order valence-corrected chi connectivity index (χ1v) is 7.95. The van der Waals surface area contributed by atoms with E-state index in [0.29, 0.717) is 12.1 Å². The van der Waals surface area contributed by atoms with Crippen LogP contribution in [-0.2, 0) is 4.74 Å². The molecule has 1 aliphatic heterocycles. The van der Waals surface area contributed by atoms with Gasteiger partial charge < -0.3 is 19.7 Å². The smallest absolute Gasteiger partial charge is 0.119 e. The first-order valence-electron chi connectivity index (χ1n) is 7.95. The van der Waals surface area contributed by atoms with Crippen molar-refractivity contribution in [3.8, 4) is 5.75 Å². The van der Waals surface area contributed by atoms with Crippen LogP contribution in [0, 0.1) is 0 Å². The molecule has 1 fully saturated rings. The Bertz CT molecular complexity index is 408. The summed E-state index contributed by atoms with van der Waals surface area (Å²) in [6.45, 7) is 8.84. The molecule has 118 valence electrons. The number of likely N-dealkylation sites (N-methyl/N-ethyl adjacent to an activating group) is 1. The Morgan fingerprint density at radius 1 is 1.38 bits per heavy atom. The summed E-state index contributed by atoms with van der Waals surface area (Å²) in [5, 5.41) is 3.56. The van der Waals surface area contributed by atoms with Gasteiger partial charge in [-0.3, -0.25) is 0 Å². The number of hydrogen-bond donors (Lipinski definition) is 1. The van der Waals surface area contributed by atoms with Crippen LogP contribution >= 0.6 is 0 Å². The molecule has 0 aromatic heterocycles. The Kier molecular flexibility index (Phi) is 6.49. The Balaban J connectivity index is 1.78. The molecule has 0 saturated carbocycles. The van der Waals surface area contributed by atoms with Gasteiger partial charge >= 0.3 is 0 Å². The number of nitrogens with zero attached hydrogens (tertiary/aromatic N) is 1. The number of hydrogen-bond acceptors (Lipinski definition) is 4. The van der Waals surface area contributed by atoms with E-state index < -0.39 is 0 Å². The van der Waals surface area contributed by atoms with Crippen molar-refractivity contribution in [3.05, 3.63) is 29.8 Å². The highest BCUT2D eigenvalue weighted by Gasteiger charge is 2.18.